The van der Waals surface area contributed by atoms with Crippen molar-refractivity contribution in [2.45, 2.75) is 64.2 Å². The standard InChI is InChI=1S/C35H46N10O2/c1-6-30-33-25(24-11-8-12-27(32(24)42(30)5)41-29(26(36)21-46)16-31(37)38-4)17-39-45(33)23-19-43(20-23)18-22-10-7-13-28(40-22)34(47)44-15-9-14-35(44,2)3/h7-8,10-13,16-17,21,23,30,41,46H,6,9,14-15,18-20,36H2,1-5H3,(H2,37,38)/b26-21+,29-16+. The number of aromatic nitrogens is 3. The van der Waals surface area contributed by atoms with Crippen LogP contribution in [0.5, 0.6) is 0 Å². The molecule has 3 aromatic rings. The predicted molar refractivity (Wildman–Crippen MR) is 186 cm³/mol. The number of hydrogen-bond donors (Lipinski definition) is 4. The van der Waals surface area contributed by atoms with Crippen LogP contribution in [0.2, 0.25) is 0 Å². The first-order valence-corrected chi connectivity index (χ1v) is 16.3. The molecule has 3 aliphatic rings. The second-order valence-electron chi connectivity index (χ2n) is 13.3. The summed E-state index contributed by atoms with van der Waals surface area (Å²) in [5.74, 6) is 0.301. The van der Waals surface area contributed by atoms with Crippen LogP contribution in [0, 0.1) is 0 Å². The molecule has 1 unspecified atom stereocenters. The van der Waals surface area contributed by atoms with Crippen LogP contribution >= 0.6 is 0 Å². The molecule has 2 saturated heterocycles. The summed E-state index contributed by atoms with van der Waals surface area (Å²) >= 11 is 0. The van der Waals surface area contributed by atoms with Gasteiger partial charge in [0.1, 0.15) is 17.8 Å². The Morgan fingerprint density at radius 2 is 1.94 bits per heavy atom. The number of carbonyl (C=O) groups excluding carboxylic acids is 1. The molecular weight excluding hydrogens is 592 g/mol. The van der Waals surface area contributed by atoms with Crippen LogP contribution < -0.4 is 21.7 Å². The number of carbonyl (C=O) groups is 1. The number of amidine groups is 1. The van der Waals surface area contributed by atoms with E-state index < -0.39 is 0 Å². The molecule has 3 aliphatic heterocycles. The first-order chi connectivity index (χ1) is 22.6. The minimum absolute atomic E-state index is 0.0203. The van der Waals surface area contributed by atoms with Crippen molar-refractivity contribution in [3.05, 3.63) is 83.4 Å². The van der Waals surface area contributed by atoms with Crippen molar-refractivity contribution in [3.8, 4) is 11.1 Å². The van der Waals surface area contributed by atoms with Gasteiger partial charge in [-0.2, -0.15) is 5.10 Å². The zero-order valence-electron chi connectivity index (χ0n) is 27.9. The first kappa shape index (κ1) is 32.1. The average molecular weight is 639 g/mol. The highest BCUT2D eigenvalue weighted by Crippen LogP contribution is 2.49. The lowest BCUT2D eigenvalue weighted by atomic mass is 9.91. The van der Waals surface area contributed by atoms with Gasteiger partial charge in [0.2, 0.25) is 0 Å². The van der Waals surface area contributed by atoms with Crippen molar-refractivity contribution in [1.82, 2.24) is 24.6 Å². The van der Waals surface area contributed by atoms with Gasteiger partial charge in [-0.05, 0) is 51.3 Å². The molecule has 1 atom stereocenters. The molecule has 0 aliphatic carbocycles. The molecule has 1 aromatic carbocycles. The van der Waals surface area contributed by atoms with Crippen LogP contribution in [0.25, 0.3) is 11.1 Å². The lowest BCUT2D eigenvalue weighted by Gasteiger charge is -2.43. The molecular formula is C35H46N10O2. The zero-order valence-corrected chi connectivity index (χ0v) is 27.9. The number of amides is 1. The number of aliphatic hydroxyl groups is 1. The lowest BCUT2D eigenvalue weighted by Crippen LogP contribution is -2.48. The second-order valence-corrected chi connectivity index (χ2v) is 13.3. The summed E-state index contributed by atoms with van der Waals surface area (Å²) in [6.45, 7) is 9.63. The van der Waals surface area contributed by atoms with E-state index in [9.17, 15) is 9.90 Å². The van der Waals surface area contributed by atoms with Gasteiger partial charge in [-0.1, -0.05) is 25.1 Å². The third kappa shape index (κ3) is 5.93. The number of rotatable bonds is 9. The Morgan fingerprint density at radius 3 is 2.62 bits per heavy atom. The summed E-state index contributed by atoms with van der Waals surface area (Å²) in [7, 11) is 3.70. The summed E-state index contributed by atoms with van der Waals surface area (Å²) in [5.41, 5.74) is 19.2. The number of nitrogens with two attached hydrogens (primary N) is 2. The largest absolute Gasteiger partial charge is 0.513 e. The minimum Gasteiger partial charge on any atom is -0.513 e. The Kier molecular flexibility index (Phi) is 8.71. The Hall–Kier alpha value is -4.84. The fourth-order valence-electron chi connectivity index (χ4n) is 7.23. The number of aliphatic hydroxyl groups excluding tert-OH is 1. The summed E-state index contributed by atoms with van der Waals surface area (Å²) in [4.78, 5) is 28.7. The quantitative estimate of drug-likeness (QED) is 0.114. The van der Waals surface area contributed by atoms with E-state index in [0.717, 1.165) is 73.4 Å². The molecule has 5 heterocycles. The smallest absolute Gasteiger partial charge is 0.272 e. The molecule has 12 nitrogen and oxygen atoms in total. The molecule has 0 saturated carbocycles. The minimum atomic E-state index is -0.130. The van der Waals surface area contributed by atoms with E-state index >= 15 is 0 Å². The molecule has 2 aromatic heterocycles. The van der Waals surface area contributed by atoms with Crippen LogP contribution in [0.1, 0.15) is 74.0 Å². The van der Waals surface area contributed by atoms with Gasteiger partial charge < -0.3 is 31.7 Å². The fourth-order valence-corrected chi connectivity index (χ4v) is 7.23. The number of aliphatic imine (C=N–C) groups is 1. The highest BCUT2D eigenvalue weighted by atomic mass is 16.2. The van der Waals surface area contributed by atoms with Crippen LogP contribution in [-0.2, 0) is 6.54 Å². The zero-order chi connectivity index (χ0) is 33.5. The average Bonchev–Trinajstić information content (AvgIpc) is 3.64. The molecule has 6 N–H and O–H groups in total. The monoisotopic (exact) mass is 638 g/mol. The van der Waals surface area contributed by atoms with Crippen LogP contribution in [0.3, 0.4) is 0 Å². The summed E-state index contributed by atoms with van der Waals surface area (Å²) in [6.07, 6.45) is 7.36. The van der Waals surface area contributed by atoms with Gasteiger partial charge in [-0.25, -0.2) is 4.98 Å². The SMILES string of the molecule is CCC1c2c(cnn2C2CN(Cc3cccc(C(=O)N4CCCC4(C)C)n3)C2)-c2cccc(NC(=C/C(N)=NC)/C(N)=C\O)c2N1C. The Balaban J connectivity index is 1.21. The van der Waals surface area contributed by atoms with Gasteiger partial charge in [0.15, 0.2) is 0 Å². The summed E-state index contributed by atoms with van der Waals surface area (Å²) in [5, 5.41) is 18.0. The predicted octanol–water partition coefficient (Wildman–Crippen LogP) is 4.56. The summed E-state index contributed by atoms with van der Waals surface area (Å²) < 4.78 is 2.21. The molecule has 248 valence electrons. The molecule has 12 heteroatoms. The van der Waals surface area contributed by atoms with Crippen LogP contribution in [0.15, 0.2) is 71.3 Å². The normalized spacial score (nSPS) is 20.2. The van der Waals surface area contributed by atoms with Crippen molar-refractivity contribution < 1.29 is 9.90 Å². The number of nitrogens with zero attached hydrogens (tertiary/aromatic N) is 7. The van der Waals surface area contributed by atoms with Gasteiger partial charge >= 0.3 is 0 Å². The molecule has 0 bridgehead atoms. The Morgan fingerprint density at radius 1 is 1.17 bits per heavy atom. The Bertz CT molecular complexity index is 1750. The maximum absolute atomic E-state index is 13.3. The molecule has 47 heavy (non-hydrogen) atoms. The number of likely N-dealkylation sites (tertiary alicyclic amines) is 2. The van der Waals surface area contributed by atoms with Gasteiger partial charge in [0.05, 0.1) is 52.4 Å². The third-order valence-electron chi connectivity index (χ3n) is 9.79. The lowest BCUT2D eigenvalue weighted by molar-refractivity contribution is 0.0643. The fraction of sp³-hybridized carbons (Fsp3) is 0.429. The number of para-hydroxylation sites is 1. The number of benzene rings is 1. The number of pyridine rings is 1. The maximum atomic E-state index is 13.3. The number of nitrogens with one attached hydrogen (secondary N) is 1. The van der Waals surface area contributed by atoms with Gasteiger partial charge in [0, 0.05) is 63.0 Å². The molecule has 1 amide bonds. The van der Waals surface area contributed by atoms with Crippen LogP contribution in [0.4, 0.5) is 11.4 Å². The highest BCUT2D eigenvalue weighted by molar-refractivity contribution is 5.95. The number of hydrogen-bond acceptors (Lipinski definition) is 9. The van der Waals surface area contributed by atoms with Gasteiger partial charge in [-0.15, -0.1) is 0 Å². The third-order valence-corrected chi connectivity index (χ3v) is 9.79. The highest BCUT2D eigenvalue weighted by Gasteiger charge is 2.39. The van der Waals surface area contributed by atoms with Crippen molar-refractivity contribution in [3.63, 3.8) is 0 Å². The number of anilines is 2. The van der Waals surface area contributed by atoms with E-state index in [1.165, 1.54) is 5.69 Å². The van der Waals surface area contributed by atoms with Gasteiger partial charge in [0.25, 0.3) is 5.91 Å². The van der Waals surface area contributed by atoms with E-state index in [1.54, 1.807) is 13.1 Å². The van der Waals surface area contributed by atoms with E-state index in [-0.39, 0.29) is 35.1 Å². The topological polar surface area (TPSA) is 154 Å². The van der Waals surface area contributed by atoms with E-state index in [1.807, 2.05) is 41.4 Å². The second kappa shape index (κ2) is 12.7. The molecule has 2 fully saturated rings. The van der Waals surface area contributed by atoms with Crippen molar-refractivity contribution in [2.24, 2.45) is 16.5 Å². The molecule has 0 spiro atoms. The summed E-state index contributed by atoms with van der Waals surface area (Å²) in [6, 6.07) is 12.2. The Labute approximate surface area is 276 Å². The maximum Gasteiger partial charge on any atom is 0.272 e. The first-order valence-electron chi connectivity index (χ1n) is 16.3. The number of fused-ring (bicyclic) bond motifs is 3. The van der Waals surface area contributed by atoms with Gasteiger partial charge in [-0.3, -0.25) is 19.4 Å². The van der Waals surface area contributed by atoms with Crippen molar-refractivity contribution in [2.75, 3.05) is 43.9 Å². The van der Waals surface area contributed by atoms with Crippen molar-refractivity contribution in [1.29, 1.82) is 0 Å². The van der Waals surface area contributed by atoms with Crippen LogP contribution in [-0.4, -0.2) is 80.7 Å². The van der Waals surface area contributed by atoms with Crippen molar-refractivity contribution >= 4 is 23.1 Å². The van der Waals surface area contributed by atoms with E-state index in [4.69, 9.17) is 21.5 Å². The van der Waals surface area contributed by atoms with E-state index in [2.05, 4.69) is 58.7 Å². The molecule has 0 radical (unpaired) electrons. The van der Waals surface area contributed by atoms with E-state index in [0.29, 0.717) is 17.9 Å². The molecule has 6 rings (SSSR count).